The Balaban J connectivity index is 2.38. The Morgan fingerprint density at radius 2 is 1.90 bits per heavy atom. The van der Waals surface area contributed by atoms with Gasteiger partial charge in [-0.2, -0.15) is 0 Å². The number of halogens is 3. The highest BCUT2D eigenvalue weighted by Gasteiger charge is 2.23. The van der Waals surface area contributed by atoms with Crippen LogP contribution in [-0.4, -0.2) is 19.5 Å². The van der Waals surface area contributed by atoms with Crippen LogP contribution < -0.4 is 4.72 Å². The number of carboxylic acids is 1. The van der Waals surface area contributed by atoms with Gasteiger partial charge in [-0.1, -0.05) is 0 Å². The summed E-state index contributed by atoms with van der Waals surface area (Å²) < 4.78 is 52.2. The van der Waals surface area contributed by atoms with Crippen molar-refractivity contribution in [3.05, 3.63) is 44.6 Å². The number of benzene rings is 1. The van der Waals surface area contributed by atoms with E-state index in [0.29, 0.717) is 6.07 Å². The van der Waals surface area contributed by atoms with E-state index in [9.17, 15) is 22.0 Å². The van der Waals surface area contributed by atoms with E-state index in [1.807, 2.05) is 4.72 Å². The SMILES string of the molecule is O=C(O)c1cc(S(=O)(=O)Nc2ccc(F)c(F)c2)c(Br)s1. The molecule has 0 aliphatic heterocycles. The molecule has 0 fully saturated rings. The summed E-state index contributed by atoms with van der Waals surface area (Å²) in [5.74, 6) is -3.58. The summed E-state index contributed by atoms with van der Waals surface area (Å²) in [4.78, 5) is 10.3. The number of hydrogen-bond acceptors (Lipinski definition) is 4. The molecule has 2 rings (SSSR count). The van der Waals surface area contributed by atoms with Crippen LogP contribution in [0.1, 0.15) is 9.67 Å². The molecule has 0 aliphatic carbocycles. The molecule has 1 heterocycles. The van der Waals surface area contributed by atoms with Crippen molar-refractivity contribution < 1.29 is 27.1 Å². The van der Waals surface area contributed by atoms with E-state index in [1.165, 1.54) is 0 Å². The summed E-state index contributed by atoms with van der Waals surface area (Å²) in [7, 11) is -4.13. The first-order valence-corrected chi connectivity index (χ1v) is 8.30. The van der Waals surface area contributed by atoms with Gasteiger partial charge >= 0.3 is 5.97 Å². The van der Waals surface area contributed by atoms with Crippen molar-refractivity contribution in [2.24, 2.45) is 0 Å². The van der Waals surface area contributed by atoms with Crippen molar-refractivity contribution in [2.45, 2.75) is 4.90 Å². The quantitative estimate of drug-likeness (QED) is 0.828. The van der Waals surface area contributed by atoms with E-state index in [4.69, 9.17) is 5.11 Å². The third-order valence-corrected chi connectivity index (χ3v) is 5.95. The minimum atomic E-state index is -4.13. The first-order valence-electron chi connectivity index (χ1n) is 5.21. The lowest BCUT2D eigenvalue weighted by Gasteiger charge is -2.07. The van der Waals surface area contributed by atoms with Crippen molar-refractivity contribution in [2.75, 3.05) is 4.72 Å². The monoisotopic (exact) mass is 397 g/mol. The van der Waals surface area contributed by atoms with E-state index in [1.54, 1.807) is 0 Å². The van der Waals surface area contributed by atoms with E-state index >= 15 is 0 Å². The van der Waals surface area contributed by atoms with Crippen LogP contribution in [-0.2, 0) is 10.0 Å². The average molecular weight is 398 g/mol. The fourth-order valence-electron chi connectivity index (χ4n) is 1.41. The molecule has 10 heteroatoms. The molecular weight excluding hydrogens is 392 g/mol. The highest BCUT2D eigenvalue weighted by atomic mass is 79.9. The molecule has 1 aromatic heterocycles. The molecule has 0 unspecified atom stereocenters. The van der Waals surface area contributed by atoms with Gasteiger partial charge in [0.2, 0.25) is 0 Å². The summed E-state index contributed by atoms with van der Waals surface area (Å²) in [5, 5.41) is 8.83. The lowest BCUT2D eigenvalue weighted by molar-refractivity contribution is 0.0702. The summed E-state index contributed by atoms with van der Waals surface area (Å²) in [6.45, 7) is 0. The first kappa shape index (κ1) is 15.9. The predicted molar refractivity (Wildman–Crippen MR) is 76.1 cm³/mol. The molecule has 0 radical (unpaired) electrons. The van der Waals surface area contributed by atoms with Crippen LogP contribution in [0.4, 0.5) is 14.5 Å². The summed E-state index contributed by atoms with van der Waals surface area (Å²) in [5.41, 5.74) is -0.177. The van der Waals surface area contributed by atoms with Crippen molar-refractivity contribution in [3.8, 4) is 0 Å². The fraction of sp³-hybridized carbons (Fsp3) is 0. The van der Waals surface area contributed by atoms with Crippen LogP contribution >= 0.6 is 27.3 Å². The molecule has 0 spiro atoms. The molecule has 0 saturated carbocycles. The normalized spacial score (nSPS) is 11.4. The Kier molecular flexibility index (Phi) is 4.30. The standard InChI is InChI=1S/C11H6BrF2NO4S2/c12-10-9(4-8(20-10)11(16)17)21(18,19)15-5-1-2-6(13)7(14)3-5/h1-4,15H,(H,16,17). The maximum absolute atomic E-state index is 13.1. The van der Waals surface area contributed by atoms with Crippen LogP contribution in [0.5, 0.6) is 0 Å². The van der Waals surface area contributed by atoms with Gasteiger partial charge in [0.15, 0.2) is 11.6 Å². The Morgan fingerprint density at radius 1 is 1.24 bits per heavy atom. The van der Waals surface area contributed by atoms with E-state index < -0.39 is 27.6 Å². The maximum Gasteiger partial charge on any atom is 0.345 e. The Hall–Kier alpha value is -1.52. The number of rotatable bonds is 4. The molecular formula is C11H6BrF2NO4S2. The number of nitrogens with one attached hydrogen (secondary N) is 1. The molecule has 2 aromatic rings. The zero-order chi connectivity index (χ0) is 15.8. The summed E-state index contributed by atoms with van der Waals surface area (Å²) >= 11 is 3.69. The fourth-order valence-corrected chi connectivity index (χ4v) is 4.86. The van der Waals surface area contributed by atoms with Gasteiger partial charge in [-0.25, -0.2) is 22.0 Å². The summed E-state index contributed by atoms with van der Waals surface area (Å²) in [6.07, 6.45) is 0. The Morgan fingerprint density at radius 3 is 2.43 bits per heavy atom. The van der Waals surface area contributed by atoms with Gasteiger partial charge in [-0.05, 0) is 34.1 Å². The highest BCUT2D eigenvalue weighted by molar-refractivity contribution is 9.11. The molecule has 112 valence electrons. The average Bonchev–Trinajstić information content (AvgIpc) is 2.77. The van der Waals surface area contributed by atoms with Crippen molar-refractivity contribution in [3.63, 3.8) is 0 Å². The van der Waals surface area contributed by atoms with Crippen LogP contribution in [0.25, 0.3) is 0 Å². The third-order valence-electron chi connectivity index (χ3n) is 2.33. The molecule has 0 amide bonds. The third kappa shape index (κ3) is 3.39. The van der Waals surface area contributed by atoms with Crippen molar-refractivity contribution in [1.29, 1.82) is 0 Å². The second kappa shape index (κ2) is 5.70. The predicted octanol–water partition coefficient (Wildman–Crippen LogP) is 3.29. The minimum absolute atomic E-state index is 0.0926. The second-order valence-corrected chi connectivity index (χ2v) is 7.81. The van der Waals surface area contributed by atoms with Crippen molar-refractivity contribution in [1.82, 2.24) is 0 Å². The van der Waals surface area contributed by atoms with E-state index in [0.717, 1.165) is 29.5 Å². The summed E-state index contributed by atoms with van der Waals surface area (Å²) in [6, 6.07) is 3.48. The van der Waals surface area contributed by atoms with Gasteiger partial charge in [-0.15, -0.1) is 11.3 Å². The Labute approximate surface area is 130 Å². The van der Waals surface area contributed by atoms with Crippen LogP contribution in [0, 0.1) is 11.6 Å². The van der Waals surface area contributed by atoms with Crippen molar-refractivity contribution >= 4 is 48.9 Å². The number of sulfonamides is 1. The van der Waals surface area contributed by atoms with Gasteiger partial charge in [0.25, 0.3) is 10.0 Å². The number of hydrogen-bond donors (Lipinski definition) is 2. The smallest absolute Gasteiger partial charge is 0.345 e. The lowest BCUT2D eigenvalue weighted by atomic mass is 10.3. The topological polar surface area (TPSA) is 83.5 Å². The second-order valence-electron chi connectivity index (χ2n) is 3.79. The molecule has 0 atom stereocenters. The molecule has 21 heavy (non-hydrogen) atoms. The minimum Gasteiger partial charge on any atom is -0.477 e. The molecule has 0 aliphatic rings. The highest BCUT2D eigenvalue weighted by Crippen LogP contribution is 2.32. The molecule has 2 N–H and O–H groups in total. The van der Waals surface area contributed by atoms with Gasteiger partial charge < -0.3 is 5.11 Å². The van der Waals surface area contributed by atoms with Crippen LogP contribution in [0.2, 0.25) is 0 Å². The van der Waals surface area contributed by atoms with E-state index in [-0.39, 0.29) is 19.2 Å². The number of anilines is 1. The number of thiophene rings is 1. The molecule has 5 nitrogen and oxygen atoms in total. The van der Waals surface area contributed by atoms with Gasteiger partial charge in [0.1, 0.15) is 9.77 Å². The molecule has 1 aromatic carbocycles. The van der Waals surface area contributed by atoms with E-state index in [2.05, 4.69) is 15.9 Å². The zero-order valence-electron chi connectivity index (χ0n) is 9.93. The number of carbonyl (C=O) groups is 1. The van der Waals surface area contributed by atoms with Gasteiger partial charge in [0.05, 0.1) is 9.47 Å². The van der Waals surface area contributed by atoms with Gasteiger partial charge in [0, 0.05) is 6.07 Å². The van der Waals surface area contributed by atoms with Gasteiger partial charge in [-0.3, -0.25) is 4.72 Å². The molecule has 0 saturated heterocycles. The first-order chi connectivity index (χ1) is 9.70. The number of aromatic carboxylic acids is 1. The lowest BCUT2D eigenvalue weighted by Crippen LogP contribution is -2.13. The zero-order valence-corrected chi connectivity index (χ0v) is 13.2. The van der Waals surface area contributed by atoms with Crippen LogP contribution in [0.15, 0.2) is 32.9 Å². The number of carboxylic acid groups (broad SMARTS) is 1. The largest absolute Gasteiger partial charge is 0.477 e. The molecule has 0 bridgehead atoms. The maximum atomic E-state index is 13.1. The van der Waals surface area contributed by atoms with Crippen LogP contribution in [0.3, 0.4) is 0 Å². The Bertz CT molecular complexity index is 820.